The molecule has 0 saturated heterocycles. The predicted octanol–water partition coefficient (Wildman–Crippen LogP) is 2.00. The summed E-state index contributed by atoms with van der Waals surface area (Å²) in [6, 6.07) is 10.4. The van der Waals surface area contributed by atoms with Gasteiger partial charge < -0.3 is 28.1 Å². The summed E-state index contributed by atoms with van der Waals surface area (Å²) in [6.45, 7) is 7.82. The molecule has 0 bridgehead atoms. The summed E-state index contributed by atoms with van der Waals surface area (Å²) in [5.41, 5.74) is 7.69. The highest BCUT2D eigenvalue weighted by atomic mass is 16.5. The Morgan fingerprint density at radius 1 is 0.682 bits per heavy atom. The molecule has 14 heteroatoms. The fourth-order valence-corrected chi connectivity index (χ4v) is 5.18. The molecule has 0 spiro atoms. The minimum absolute atomic E-state index is 0.200. The number of hydrogen-bond acceptors (Lipinski definition) is 10. The van der Waals surface area contributed by atoms with E-state index >= 15 is 0 Å². The number of esters is 2. The Morgan fingerprint density at radius 2 is 1.07 bits per heavy atom. The molecule has 2 aromatic heterocycles. The number of ether oxygens (including phenoxy) is 4. The van der Waals surface area contributed by atoms with Crippen LogP contribution in [0.4, 0.5) is 0 Å². The lowest BCUT2D eigenvalue weighted by atomic mass is 10.1. The molecule has 0 aliphatic carbocycles. The number of nitrogens with one attached hydrogen (secondary N) is 2. The summed E-state index contributed by atoms with van der Waals surface area (Å²) in [5, 5.41) is 1.22. The number of nitrogens with zero attached hydrogens (tertiary/aromatic N) is 2. The maximum Gasteiger partial charge on any atom is 0.340 e. The number of hydrogen-bond donors (Lipinski definition) is 4. The third kappa shape index (κ3) is 6.45. The number of fused-ring (bicyclic) bond motifs is 2. The quantitative estimate of drug-likeness (QED) is 0.0756. The largest absolute Gasteiger partial charge is 0.484 e. The van der Waals surface area contributed by atoms with Crippen molar-refractivity contribution in [2.75, 3.05) is 26.4 Å². The van der Waals surface area contributed by atoms with Gasteiger partial charge in [0.25, 0.3) is 11.8 Å². The minimum atomic E-state index is -0.499. The molecule has 44 heavy (non-hydrogen) atoms. The Balaban J connectivity index is 1.75. The van der Waals surface area contributed by atoms with Gasteiger partial charge in [0.15, 0.2) is 13.2 Å². The van der Waals surface area contributed by atoms with Crippen molar-refractivity contribution in [2.24, 2.45) is 11.7 Å². The van der Waals surface area contributed by atoms with Crippen LogP contribution in [0.15, 0.2) is 36.4 Å². The lowest BCUT2D eigenvalue weighted by Gasteiger charge is -2.13. The van der Waals surface area contributed by atoms with E-state index < -0.39 is 23.8 Å². The van der Waals surface area contributed by atoms with E-state index in [1.165, 1.54) is 0 Å². The van der Waals surface area contributed by atoms with Crippen molar-refractivity contribution in [3.05, 3.63) is 58.9 Å². The van der Waals surface area contributed by atoms with E-state index in [2.05, 4.69) is 0 Å². The molecule has 2 heterocycles. The van der Waals surface area contributed by atoms with Gasteiger partial charge in [0.05, 0.1) is 24.3 Å². The first kappa shape index (κ1) is 31.8. The van der Waals surface area contributed by atoms with Crippen molar-refractivity contribution in [3.63, 3.8) is 0 Å². The van der Waals surface area contributed by atoms with Gasteiger partial charge in [0, 0.05) is 46.3 Å². The van der Waals surface area contributed by atoms with E-state index in [9.17, 15) is 19.2 Å². The first-order valence-corrected chi connectivity index (χ1v) is 14.0. The number of aryl methyl sites for hydroxylation is 2. The molecule has 0 atom stereocenters. The second-order valence-corrected chi connectivity index (χ2v) is 9.74. The van der Waals surface area contributed by atoms with E-state index in [0.29, 0.717) is 57.9 Å². The molecule has 2 aromatic carbocycles. The summed E-state index contributed by atoms with van der Waals surface area (Å²) in [7, 11) is 0. The number of carbonyl (C=O) groups is 4. The number of nitrogens with two attached hydrogens (primary N) is 2. The van der Waals surface area contributed by atoms with Crippen LogP contribution >= 0.6 is 0 Å². The summed E-state index contributed by atoms with van der Waals surface area (Å²) >= 11 is 0. The monoisotopic (exact) mass is 608 g/mol. The number of amides is 2. The predicted molar refractivity (Wildman–Crippen MR) is 161 cm³/mol. The van der Waals surface area contributed by atoms with Gasteiger partial charge in [0.2, 0.25) is 0 Å². The van der Waals surface area contributed by atoms with E-state index in [0.717, 1.165) is 11.0 Å². The molecule has 0 unspecified atom stereocenters. The second-order valence-electron chi connectivity index (χ2n) is 9.74. The van der Waals surface area contributed by atoms with Gasteiger partial charge in [-0.05, 0) is 64.1 Å². The smallest absolute Gasteiger partial charge is 0.340 e. The maximum absolute atomic E-state index is 13.0. The van der Waals surface area contributed by atoms with E-state index in [4.69, 9.17) is 30.6 Å². The average molecular weight is 609 g/mol. The highest BCUT2D eigenvalue weighted by Gasteiger charge is 2.24. The third-order valence-corrected chi connectivity index (χ3v) is 7.16. The topological polar surface area (TPSA) is 191 Å². The average Bonchev–Trinajstić information content (AvgIpc) is 3.45. The van der Waals surface area contributed by atoms with Crippen LogP contribution in [0.25, 0.3) is 21.8 Å². The van der Waals surface area contributed by atoms with Gasteiger partial charge in [-0.25, -0.2) is 21.3 Å². The van der Waals surface area contributed by atoms with Crippen LogP contribution < -0.4 is 32.0 Å². The summed E-state index contributed by atoms with van der Waals surface area (Å²) in [6.07, 6.45) is 0. The van der Waals surface area contributed by atoms with Crippen molar-refractivity contribution in [1.29, 1.82) is 0 Å². The first-order chi connectivity index (χ1) is 21.1. The molecule has 0 radical (unpaired) electrons. The molecule has 0 fully saturated rings. The number of carbonyl (C=O) groups excluding carboxylic acids is 4. The fourth-order valence-electron chi connectivity index (χ4n) is 5.18. The molecular formula is C30H36N6O8. The number of rotatable bonds is 13. The Kier molecular flexibility index (Phi) is 10.1. The molecule has 2 amide bonds. The van der Waals surface area contributed by atoms with Crippen molar-refractivity contribution in [1.82, 2.24) is 20.0 Å². The Labute approximate surface area is 253 Å². The molecule has 234 valence electrons. The van der Waals surface area contributed by atoms with Crippen molar-refractivity contribution in [2.45, 2.75) is 40.8 Å². The summed E-state index contributed by atoms with van der Waals surface area (Å²) in [4.78, 5) is 49.3. The van der Waals surface area contributed by atoms with Crippen molar-refractivity contribution < 1.29 is 38.1 Å². The fraction of sp³-hybridized carbons (Fsp3) is 0.333. The highest BCUT2D eigenvalue weighted by molar-refractivity contribution is 6.07. The van der Waals surface area contributed by atoms with Gasteiger partial charge in [0.1, 0.15) is 11.5 Å². The lowest BCUT2D eigenvalue weighted by Crippen LogP contribution is -2.34. The SMILES string of the molecule is CCOC(=O)c1c(C)n(CCn2c(C)c(C(=O)OCC)c3cc(OCC(=O)NN)ccc32)c2ccc(OCC(=O)NN)cc12. The summed E-state index contributed by atoms with van der Waals surface area (Å²) < 4.78 is 25.8. The van der Waals surface area contributed by atoms with Crippen LogP contribution in [0.2, 0.25) is 0 Å². The Hall–Kier alpha value is -5.08. The standard InChI is InChI=1S/C30H36N6O8/c1-5-41-29(39)27-17(3)35(23-9-7-19(13-21(23)27)43-15-25(37)33-31)11-12-36-18(4)28(30(40)42-6-2)22-14-20(8-10-24(22)36)44-16-26(38)34-32/h7-10,13-14H,5-6,11-12,15-16,31-32H2,1-4H3,(H,33,37)(H,34,38). The van der Waals surface area contributed by atoms with Crippen LogP contribution in [-0.2, 0) is 32.2 Å². The van der Waals surface area contributed by atoms with Crippen LogP contribution in [0.5, 0.6) is 11.5 Å². The minimum Gasteiger partial charge on any atom is -0.484 e. The van der Waals surface area contributed by atoms with E-state index in [1.807, 2.05) is 46.0 Å². The number of aromatic nitrogens is 2. The first-order valence-electron chi connectivity index (χ1n) is 14.0. The van der Waals surface area contributed by atoms with Crippen LogP contribution in [0.1, 0.15) is 46.0 Å². The van der Waals surface area contributed by atoms with Gasteiger partial charge in [-0.1, -0.05) is 0 Å². The van der Waals surface area contributed by atoms with Crippen molar-refractivity contribution in [3.8, 4) is 11.5 Å². The maximum atomic E-state index is 13.0. The third-order valence-electron chi connectivity index (χ3n) is 7.16. The van der Waals surface area contributed by atoms with Crippen LogP contribution in [0, 0.1) is 13.8 Å². The zero-order valence-corrected chi connectivity index (χ0v) is 25.0. The normalized spacial score (nSPS) is 11.0. The molecular weight excluding hydrogens is 572 g/mol. The number of benzene rings is 2. The molecule has 14 nitrogen and oxygen atoms in total. The van der Waals surface area contributed by atoms with Crippen LogP contribution in [0.3, 0.4) is 0 Å². The van der Waals surface area contributed by atoms with Gasteiger partial charge >= 0.3 is 11.9 Å². The molecule has 4 rings (SSSR count). The molecule has 0 aliphatic rings. The van der Waals surface area contributed by atoms with E-state index in [1.54, 1.807) is 38.1 Å². The zero-order chi connectivity index (χ0) is 32.0. The summed E-state index contributed by atoms with van der Waals surface area (Å²) in [5.74, 6) is 9.11. The Bertz CT molecular complexity index is 1600. The highest BCUT2D eigenvalue weighted by Crippen LogP contribution is 2.33. The van der Waals surface area contributed by atoms with E-state index in [-0.39, 0.29) is 26.4 Å². The van der Waals surface area contributed by atoms with Crippen molar-refractivity contribution >= 4 is 45.6 Å². The van der Waals surface area contributed by atoms with Gasteiger partial charge in [-0.15, -0.1) is 0 Å². The van der Waals surface area contributed by atoms with Crippen LogP contribution in [-0.4, -0.2) is 59.3 Å². The lowest BCUT2D eigenvalue weighted by molar-refractivity contribution is -0.123. The molecule has 0 aliphatic heterocycles. The molecule has 6 N–H and O–H groups in total. The molecule has 4 aromatic rings. The zero-order valence-electron chi connectivity index (χ0n) is 25.0. The number of hydrazine groups is 2. The second kappa shape index (κ2) is 13.9. The van der Waals surface area contributed by atoms with Gasteiger partial charge in [-0.2, -0.15) is 0 Å². The molecule has 0 saturated carbocycles. The Morgan fingerprint density at radius 3 is 1.41 bits per heavy atom. The van der Waals surface area contributed by atoms with Gasteiger partial charge in [-0.3, -0.25) is 20.4 Å².